The maximum Gasteiger partial charge on any atom is 0.159 e. The molecule has 1 N–H and O–H groups in total. The first-order chi connectivity index (χ1) is 15.8. The van der Waals surface area contributed by atoms with E-state index in [-0.39, 0.29) is 0 Å². The van der Waals surface area contributed by atoms with E-state index in [0.717, 1.165) is 78.7 Å². The number of allylic oxidation sites excluding steroid dienone is 2. The maximum atomic E-state index is 5.54. The molecular weight excluding hydrogens is 400 g/mol. The van der Waals surface area contributed by atoms with Gasteiger partial charge in [-0.1, -0.05) is 18.2 Å². The summed E-state index contributed by atoms with van der Waals surface area (Å²) in [5, 5.41) is 3.20. The number of likely N-dealkylation sites (tertiary alicyclic amines) is 1. The Labute approximate surface area is 188 Å². The maximum absolute atomic E-state index is 5.54. The van der Waals surface area contributed by atoms with Crippen LogP contribution in [0.4, 0.5) is 0 Å². The Morgan fingerprint density at radius 1 is 1.19 bits per heavy atom. The van der Waals surface area contributed by atoms with Gasteiger partial charge in [-0.25, -0.2) is 9.97 Å². The van der Waals surface area contributed by atoms with E-state index in [9.17, 15) is 0 Å². The summed E-state index contributed by atoms with van der Waals surface area (Å²) in [4.78, 5) is 12.3. The van der Waals surface area contributed by atoms with Crippen LogP contribution >= 0.6 is 0 Å². The monoisotopic (exact) mass is 428 g/mol. The topological polar surface area (TPSA) is 63.4 Å². The molecule has 1 aromatic carbocycles. The van der Waals surface area contributed by atoms with Crippen LogP contribution in [0.15, 0.2) is 71.6 Å². The number of ether oxygens (including phenoxy) is 1. The van der Waals surface area contributed by atoms with Gasteiger partial charge >= 0.3 is 0 Å². The Balaban J connectivity index is 1.44. The molecule has 164 valence electrons. The standard InChI is InChI=1S/C26H28N4O2/c1-31-22-5-2-4-21(16-22)24-17-28-26(20-7-11-27-12-8-20)29-25(24)19-9-13-30(14-10-19)18-23-6-3-15-32-23/h2-8,11,15-17,19,27H,9-10,12-14,18H2,1H3. The molecule has 0 amide bonds. The zero-order valence-electron chi connectivity index (χ0n) is 18.3. The Morgan fingerprint density at radius 2 is 2.09 bits per heavy atom. The van der Waals surface area contributed by atoms with E-state index in [1.54, 1.807) is 13.4 Å². The molecule has 2 aliphatic rings. The largest absolute Gasteiger partial charge is 0.497 e. The third kappa shape index (κ3) is 4.46. The van der Waals surface area contributed by atoms with E-state index in [1.165, 1.54) is 0 Å². The fourth-order valence-electron chi connectivity index (χ4n) is 4.47. The van der Waals surface area contributed by atoms with Crippen molar-refractivity contribution in [1.82, 2.24) is 20.2 Å². The average Bonchev–Trinajstić information content (AvgIpc) is 3.38. The summed E-state index contributed by atoms with van der Waals surface area (Å²) in [5.74, 6) is 3.05. The van der Waals surface area contributed by atoms with E-state index >= 15 is 0 Å². The van der Waals surface area contributed by atoms with E-state index in [2.05, 4.69) is 28.4 Å². The zero-order chi connectivity index (χ0) is 21.8. The van der Waals surface area contributed by atoms with Gasteiger partial charge < -0.3 is 14.5 Å². The number of furan rings is 1. The smallest absolute Gasteiger partial charge is 0.159 e. The van der Waals surface area contributed by atoms with Crippen molar-refractivity contribution in [2.75, 3.05) is 26.7 Å². The first kappa shape index (κ1) is 20.5. The molecule has 2 aromatic heterocycles. The molecule has 32 heavy (non-hydrogen) atoms. The van der Waals surface area contributed by atoms with Crippen molar-refractivity contribution in [1.29, 1.82) is 0 Å². The molecule has 0 radical (unpaired) electrons. The van der Waals surface area contributed by atoms with Crippen LogP contribution in [0.25, 0.3) is 16.7 Å². The lowest BCUT2D eigenvalue weighted by Crippen LogP contribution is -2.32. The minimum absolute atomic E-state index is 0.386. The van der Waals surface area contributed by atoms with Crippen molar-refractivity contribution >= 4 is 5.57 Å². The lowest BCUT2D eigenvalue weighted by atomic mass is 9.88. The molecule has 4 heterocycles. The summed E-state index contributed by atoms with van der Waals surface area (Å²) >= 11 is 0. The van der Waals surface area contributed by atoms with E-state index in [0.29, 0.717) is 5.92 Å². The number of hydrogen-bond donors (Lipinski definition) is 1. The van der Waals surface area contributed by atoms with Gasteiger partial charge in [0.05, 0.1) is 25.6 Å². The molecule has 0 spiro atoms. The first-order valence-corrected chi connectivity index (χ1v) is 11.2. The second-order valence-electron chi connectivity index (χ2n) is 8.26. The molecule has 0 atom stereocenters. The molecule has 1 saturated heterocycles. The summed E-state index contributed by atoms with van der Waals surface area (Å²) < 4.78 is 11.0. The summed E-state index contributed by atoms with van der Waals surface area (Å²) in [7, 11) is 1.70. The van der Waals surface area contributed by atoms with E-state index < -0.39 is 0 Å². The molecule has 3 aromatic rings. The molecule has 0 saturated carbocycles. The van der Waals surface area contributed by atoms with Gasteiger partial charge in [-0.05, 0) is 68.0 Å². The summed E-state index contributed by atoms with van der Waals surface area (Å²) in [6.07, 6.45) is 12.0. The van der Waals surface area contributed by atoms with Crippen molar-refractivity contribution in [3.8, 4) is 16.9 Å². The second kappa shape index (κ2) is 9.40. The van der Waals surface area contributed by atoms with Gasteiger partial charge in [0.2, 0.25) is 0 Å². The van der Waals surface area contributed by atoms with Gasteiger partial charge in [-0.3, -0.25) is 4.90 Å². The van der Waals surface area contributed by atoms with Gasteiger partial charge in [0.25, 0.3) is 0 Å². The molecule has 1 fully saturated rings. The highest BCUT2D eigenvalue weighted by atomic mass is 16.5. The predicted octanol–water partition coefficient (Wildman–Crippen LogP) is 4.63. The number of hydrogen-bond acceptors (Lipinski definition) is 6. The van der Waals surface area contributed by atoms with E-state index in [4.69, 9.17) is 19.1 Å². The summed E-state index contributed by atoms with van der Waals surface area (Å²) in [6, 6.07) is 12.2. The molecule has 2 aliphatic heterocycles. The van der Waals surface area contributed by atoms with Crippen molar-refractivity contribution < 1.29 is 9.15 Å². The Bertz CT molecular complexity index is 1110. The van der Waals surface area contributed by atoms with Crippen LogP contribution in [-0.4, -0.2) is 41.6 Å². The molecule has 6 nitrogen and oxygen atoms in total. The Morgan fingerprint density at radius 3 is 2.84 bits per heavy atom. The van der Waals surface area contributed by atoms with Gasteiger partial charge in [0.15, 0.2) is 5.82 Å². The van der Waals surface area contributed by atoms with Crippen LogP contribution in [0.1, 0.15) is 36.0 Å². The molecule has 0 aliphatic carbocycles. The van der Waals surface area contributed by atoms with E-state index in [1.807, 2.05) is 42.7 Å². The lowest BCUT2D eigenvalue weighted by molar-refractivity contribution is 0.190. The van der Waals surface area contributed by atoms with Crippen molar-refractivity contribution in [2.45, 2.75) is 25.3 Å². The highest BCUT2D eigenvalue weighted by Crippen LogP contribution is 2.36. The van der Waals surface area contributed by atoms with Crippen LogP contribution in [0.3, 0.4) is 0 Å². The summed E-state index contributed by atoms with van der Waals surface area (Å²) in [5.41, 5.74) is 4.39. The van der Waals surface area contributed by atoms with Gasteiger partial charge in [-0.15, -0.1) is 0 Å². The fourth-order valence-corrected chi connectivity index (χ4v) is 4.47. The number of benzene rings is 1. The van der Waals surface area contributed by atoms with Gasteiger partial charge in [0, 0.05) is 29.8 Å². The predicted molar refractivity (Wildman–Crippen MR) is 125 cm³/mol. The summed E-state index contributed by atoms with van der Waals surface area (Å²) in [6.45, 7) is 3.71. The molecule has 6 heteroatoms. The quantitative estimate of drug-likeness (QED) is 0.618. The average molecular weight is 429 g/mol. The highest BCUT2D eigenvalue weighted by Gasteiger charge is 2.26. The van der Waals surface area contributed by atoms with Gasteiger partial charge in [-0.2, -0.15) is 0 Å². The van der Waals surface area contributed by atoms with Crippen LogP contribution in [0, 0.1) is 0 Å². The number of nitrogens with one attached hydrogen (secondary N) is 1. The normalized spacial score (nSPS) is 17.1. The number of aromatic nitrogens is 2. The van der Waals surface area contributed by atoms with Gasteiger partial charge in [0.1, 0.15) is 11.5 Å². The minimum Gasteiger partial charge on any atom is -0.497 e. The van der Waals surface area contributed by atoms with Crippen LogP contribution < -0.4 is 10.1 Å². The number of methoxy groups -OCH3 is 1. The highest BCUT2D eigenvalue weighted by molar-refractivity contribution is 5.73. The third-order valence-corrected chi connectivity index (χ3v) is 6.21. The number of dihydropyridines is 1. The molecular formula is C26H28N4O2. The number of nitrogens with zero attached hydrogens (tertiary/aromatic N) is 3. The van der Waals surface area contributed by atoms with Crippen molar-refractivity contribution in [3.63, 3.8) is 0 Å². The third-order valence-electron chi connectivity index (χ3n) is 6.21. The number of rotatable bonds is 6. The lowest BCUT2D eigenvalue weighted by Gasteiger charge is -2.32. The fraction of sp³-hybridized carbons (Fsp3) is 0.308. The van der Waals surface area contributed by atoms with Crippen LogP contribution in [0.2, 0.25) is 0 Å². The zero-order valence-corrected chi connectivity index (χ0v) is 18.3. The minimum atomic E-state index is 0.386. The Hall–Kier alpha value is -3.38. The second-order valence-corrected chi connectivity index (χ2v) is 8.26. The molecule has 5 rings (SSSR count). The van der Waals surface area contributed by atoms with Crippen LogP contribution in [0.5, 0.6) is 5.75 Å². The van der Waals surface area contributed by atoms with Crippen molar-refractivity contribution in [3.05, 3.63) is 84.5 Å². The van der Waals surface area contributed by atoms with Crippen molar-refractivity contribution in [2.24, 2.45) is 0 Å². The SMILES string of the molecule is COc1cccc(-c2cnc(C3=CCNC=C3)nc2C2CCN(Cc3ccco3)CC2)c1. The first-order valence-electron chi connectivity index (χ1n) is 11.2. The van der Waals surface area contributed by atoms with Crippen LogP contribution in [-0.2, 0) is 6.54 Å². The molecule has 0 unspecified atom stereocenters. The number of piperidine rings is 1. The Kier molecular flexibility index (Phi) is 6.03. The molecule has 0 bridgehead atoms.